The Hall–Kier alpha value is -2.67. The van der Waals surface area contributed by atoms with E-state index in [0.717, 1.165) is 34.1 Å². The van der Waals surface area contributed by atoms with Crippen molar-refractivity contribution in [2.24, 2.45) is 0 Å². The third kappa shape index (κ3) is 2.39. The highest BCUT2D eigenvalue weighted by Crippen LogP contribution is 2.28. The molecule has 0 aliphatic heterocycles. The van der Waals surface area contributed by atoms with Gasteiger partial charge in [-0.15, -0.1) is 0 Å². The number of aldehydes is 1. The monoisotopic (exact) mass is 258 g/mol. The Labute approximate surface area is 118 Å². The molecule has 0 aliphatic rings. The first kappa shape index (κ1) is 12.4. The van der Waals surface area contributed by atoms with E-state index in [0.29, 0.717) is 0 Å². The van der Waals surface area contributed by atoms with Crippen LogP contribution < -0.4 is 0 Å². The molecule has 0 saturated heterocycles. The SMILES string of the molecule is O=Cc1ccc(-c2ccccc2)cc1-c1ccccc1. The van der Waals surface area contributed by atoms with E-state index in [-0.39, 0.29) is 0 Å². The molecule has 20 heavy (non-hydrogen) atoms. The van der Waals surface area contributed by atoms with Crippen LogP contribution in [0.1, 0.15) is 10.4 Å². The molecule has 3 aromatic carbocycles. The Morgan fingerprint density at radius 2 is 1.20 bits per heavy atom. The molecule has 1 nitrogen and oxygen atoms in total. The molecule has 3 aromatic rings. The lowest BCUT2D eigenvalue weighted by Crippen LogP contribution is -1.89. The average molecular weight is 258 g/mol. The van der Waals surface area contributed by atoms with Crippen molar-refractivity contribution in [3.05, 3.63) is 84.4 Å². The fourth-order valence-electron chi connectivity index (χ4n) is 2.34. The quantitative estimate of drug-likeness (QED) is 0.615. The first-order valence-electron chi connectivity index (χ1n) is 6.58. The summed E-state index contributed by atoms with van der Waals surface area (Å²) in [6.45, 7) is 0. The number of hydrogen-bond acceptors (Lipinski definition) is 1. The molecule has 3 rings (SSSR count). The second kappa shape index (κ2) is 5.54. The van der Waals surface area contributed by atoms with Crippen molar-refractivity contribution in [3.8, 4) is 22.3 Å². The Balaban J connectivity index is 2.16. The minimum absolute atomic E-state index is 0.718. The maximum Gasteiger partial charge on any atom is 0.150 e. The van der Waals surface area contributed by atoms with Gasteiger partial charge in [0.25, 0.3) is 0 Å². The van der Waals surface area contributed by atoms with Crippen LogP contribution in [-0.2, 0) is 0 Å². The summed E-state index contributed by atoms with van der Waals surface area (Å²) in [7, 11) is 0. The maximum atomic E-state index is 11.2. The topological polar surface area (TPSA) is 17.1 Å². The van der Waals surface area contributed by atoms with Crippen molar-refractivity contribution in [1.29, 1.82) is 0 Å². The Morgan fingerprint density at radius 3 is 1.80 bits per heavy atom. The van der Waals surface area contributed by atoms with Gasteiger partial charge in [0, 0.05) is 5.56 Å². The van der Waals surface area contributed by atoms with Gasteiger partial charge in [0.1, 0.15) is 0 Å². The van der Waals surface area contributed by atoms with Crippen molar-refractivity contribution < 1.29 is 4.79 Å². The highest BCUT2D eigenvalue weighted by molar-refractivity contribution is 5.89. The Kier molecular flexibility index (Phi) is 3.42. The summed E-state index contributed by atoms with van der Waals surface area (Å²) < 4.78 is 0. The molecule has 0 radical (unpaired) electrons. The Morgan fingerprint density at radius 1 is 0.600 bits per heavy atom. The summed E-state index contributed by atoms with van der Waals surface area (Å²) in [6.07, 6.45) is 0.914. The maximum absolute atomic E-state index is 11.2. The molecule has 96 valence electrons. The van der Waals surface area contributed by atoms with E-state index < -0.39 is 0 Å². The molecule has 0 heterocycles. The van der Waals surface area contributed by atoms with Gasteiger partial charge in [0.05, 0.1) is 0 Å². The number of carbonyl (C=O) groups is 1. The molecule has 0 N–H and O–H groups in total. The second-order valence-corrected chi connectivity index (χ2v) is 4.65. The van der Waals surface area contributed by atoms with Crippen LogP contribution >= 0.6 is 0 Å². The molecular weight excluding hydrogens is 244 g/mol. The van der Waals surface area contributed by atoms with Gasteiger partial charge in [-0.05, 0) is 28.3 Å². The van der Waals surface area contributed by atoms with Crippen LogP contribution in [0.3, 0.4) is 0 Å². The number of benzene rings is 3. The standard InChI is InChI=1S/C19H14O/c20-14-18-12-11-17(15-7-3-1-4-8-15)13-19(18)16-9-5-2-6-10-16/h1-14H. The summed E-state index contributed by atoms with van der Waals surface area (Å²) in [5, 5.41) is 0. The second-order valence-electron chi connectivity index (χ2n) is 4.65. The van der Waals surface area contributed by atoms with Gasteiger partial charge >= 0.3 is 0 Å². The summed E-state index contributed by atoms with van der Waals surface area (Å²) >= 11 is 0. The molecule has 0 atom stereocenters. The molecule has 0 saturated carbocycles. The zero-order chi connectivity index (χ0) is 13.8. The summed E-state index contributed by atoms with van der Waals surface area (Å²) in [5.41, 5.74) is 5.03. The predicted molar refractivity (Wildman–Crippen MR) is 82.7 cm³/mol. The Bertz CT molecular complexity index is 715. The van der Waals surface area contributed by atoms with Gasteiger partial charge in [0.2, 0.25) is 0 Å². The van der Waals surface area contributed by atoms with E-state index >= 15 is 0 Å². The normalized spacial score (nSPS) is 10.2. The lowest BCUT2D eigenvalue weighted by molar-refractivity contribution is 0.112. The van der Waals surface area contributed by atoms with Crippen LogP contribution in [-0.4, -0.2) is 6.29 Å². The fraction of sp³-hybridized carbons (Fsp3) is 0. The number of hydrogen-bond donors (Lipinski definition) is 0. The predicted octanol–water partition coefficient (Wildman–Crippen LogP) is 4.83. The first-order chi connectivity index (χ1) is 9.88. The zero-order valence-corrected chi connectivity index (χ0v) is 11.0. The summed E-state index contributed by atoms with van der Waals surface area (Å²) in [6, 6.07) is 26.1. The zero-order valence-electron chi connectivity index (χ0n) is 11.0. The number of carbonyl (C=O) groups excluding carboxylic acids is 1. The first-order valence-corrected chi connectivity index (χ1v) is 6.58. The van der Waals surface area contributed by atoms with Crippen LogP contribution in [0, 0.1) is 0 Å². The lowest BCUT2D eigenvalue weighted by Gasteiger charge is -2.09. The lowest BCUT2D eigenvalue weighted by atomic mass is 9.95. The molecule has 0 fully saturated rings. The van der Waals surface area contributed by atoms with Crippen LogP contribution in [0.5, 0.6) is 0 Å². The van der Waals surface area contributed by atoms with Gasteiger partial charge < -0.3 is 0 Å². The largest absolute Gasteiger partial charge is 0.298 e. The van der Waals surface area contributed by atoms with Crippen LogP contribution in [0.25, 0.3) is 22.3 Å². The van der Waals surface area contributed by atoms with E-state index in [1.54, 1.807) is 0 Å². The molecule has 0 aliphatic carbocycles. The van der Waals surface area contributed by atoms with Gasteiger partial charge in [0.15, 0.2) is 6.29 Å². The smallest absolute Gasteiger partial charge is 0.150 e. The molecular formula is C19H14O. The van der Waals surface area contributed by atoms with Crippen molar-refractivity contribution in [1.82, 2.24) is 0 Å². The molecule has 0 spiro atoms. The highest BCUT2D eigenvalue weighted by atomic mass is 16.1. The van der Waals surface area contributed by atoms with E-state index in [4.69, 9.17) is 0 Å². The van der Waals surface area contributed by atoms with E-state index in [2.05, 4.69) is 18.2 Å². The third-order valence-corrected chi connectivity index (χ3v) is 3.37. The van der Waals surface area contributed by atoms with Crippen molar-refractivity contribution in [2.45, 2.75) is 0 Å². The van der Waals surface area contributed by atoms with E-state index in [1.807, 2.05) is 60.7 Å². The minimum Gasteiger partial charge on any atom is -0.298 e. The molecule has 0 bridgehead atoms. The minimum atomic E-state index is 0.718. The van der Waals surface area contributed by atoms with Crippen molar-refractivity contribution >= 4 is 6.29 Å². The van der Waals surface area contributed by atoms with E-state index in [9.17, 15) is 4.79 Å². The molecule has 0 amide bonds. The van der Waals surface area contributed by atoms with Gasteiger partial charge in [-0.3, -0.25) is 4.79 Å². The average Bonchev–Trinajstić information content (AvgIpc) is 2.56. The van der Waals surface area contributed by atoms with E-state index in [1.165, 1.54) is 0 Å². The van der Waals surface area contributed by atoms with Crippen LogP contribution in [0.15, 0.2) is 78.9 Å². The number of rotatable bonds is 3. The highest BCUT2D eigenvalue weighted by Gasteiger charge is 2.06. The van der Waals surface area contributed by atoms with Gasteiger partial charge in [-0.1, -0.05) is 72.8 Å². The van der Waals surface area contributed by atoms with Crippen molar-refractivity contribution in [2.75, 3.05) is 0 Å². The molecule has 0 unspecified atom stereocenters. The molecule has 0 aromatic heterocycles. The van der Waals surface area contributed by atoms with Gasteiger partial charge in [-0.2, -0.15) is 0 Å². The van der Waals surface area contributed by atoms with Crippen LogP contribution in [0.4, 0.5) is 0 Å². The van der Waals surface area contributed by atoms with Crippen LogP contribution in [0.2, 0.25) is 0 Å². The van der Waals surface area contributed by atoms with Crippen molar-refractivity contribution in [3.63, 3.8) is 0 Å². The summed E-state index contributed by atoms with van der Waals surface area (Å²) in [4.78, 5) is 11.2. The fourth-order valence-corrected chi connectivity index (χ4v) is 2.34. The summed E-state index contributed by atoms with van der Waals surface area (Å²) in [5.74, 6) is 0. The molecule has 1 heteroatoms. The third-order valence-electron chi connectivity index (χ3n) is 3.37. The van der Waals surface area contributed by atoms with Gasteiger partial charge in [-0.25, -0.2) is 0 Å².